The molecule has 0 bridgehead atoms. The molecule has 0 aromatic carbocycles. The number of amides is 1. The molecule has 17 heavy (non-hydrogen) atoms. The molecule has 1 amide bonds. The first-order valence-electron chi connectivity index (χ1n) is 5.89. The van der Waals surface area contributed by atoms with Crippen LogP contribution in [0.25, 0.3) is 0 Å². The van der Waals surface area contributed by atoms with Crippen molar-refractivity contribution >= 4 is 11.9 Å². The van der Waals surface area contributed by atoms with Gasteiger partial charge in [-0.05, 0) is 19.8 Å². The lowest BCUT2D eigenvalue weighted by atomic mass is 10.0. The van der Waals surface area contributed by atoms with Crippen molar-refractivity contribution < 1.29 is 19.4 Å². The molecule has 1 atom stereocenters. The fourth-order valence-corrected chi connectivity index (χ4v) is 2.22. The van der Waals surface area contributed by atoms with Crippen molar-refractivity contribution in [2.75, 3.05) is 26.2 Å². The zero-order valence-electron chi connectivity index (χ0n) is 9.94. The van der Waals surface area contributed by atoms with Crippen LogP contribution < -0.4 is 5.32 Å². The van der Waals surface area contributed by atoms with Crippen LogP contribution >= 0.6 is 0 Å². The number of ether oxygens (including phenoxy) is 1. The Balaban J connectivity index is 1.84. The van der Waals surface area contributed by atoms with Crippen LogP contribution in [0.1, 0.15) is 19.8 Å². The Bertz CT molecular complexity index is 327. The third kappa shape index (κ3) is 2.58. The van der Waals surface area contributed by atoms with Gasteiger partial charge in [0.05, 0.1) is 5.60 Å². The highest BCUT2D eigenvalue weighted by molar-refractivity contribution is 5.85. The lowest BCUT2D eigenvalue weighted by Crippen LogP contribution is -2.60. The van der Waals surface area contributed by atoms with Crippen LogP contribution in [0.2, 0.25) is 0 Å². The molecule has 2 N–H and O–H groups in total. The number of nitrogens with zero attached hydrogens (tertiary/aromatic N) is 1. The van der Waals surface area contributed by atoms with Crippen molar-refractivity contribution in [1.29, 1.82) is 0 Å². The SMILES string of the molecule is CC1(OCC(=O)N2CCC[C@H]2C(=O)O)CNC1. The molecular formula is C11H18N2O4. The highest BCUT2D eigenvalue weighted by Gasteiger charge is 2.37. The van der Waals surface area contributed by atoms with E-state index in [4.69, 9.17) is 9.84 Å². The lowest BCUT2D eigenvalue weighted by molar-refractivity contribution is -0.154. The smallest absolute Gasteiger partial charge is 0.326 e. The first kappa shape index (κ1) is 12.3. The Labute approximate surface area is 99.9 Å². The average Bonchev–Trinajstić information content (AvgIpc) is 2.72. The van der Waals surface area contributed by atoms with Crippen molar-refractivity contribution in [2.24, 2.45) is 0 Å². The quantitative estimate of drug-likeness (QED) is 0.691. The van der Waals surface area contributed by atoms with Crippen molar-refractivity contribution in [3.05, 3.63) is 0 Å². The van der Waals surface area contributed by atoms with Crippen LogP contribution in [0.15, 0.2) is 0 Å². The third-order valence-electron chi connectivity index (χ3n) is 3.40. The van der Waals surface area contributed by atoms with E-state index in [1.807, 2.05) is 6.92 Å². The number of rotatable bonds is 4. The summed E-state index contributed by atoms with van der Waals surface area (Å²) in [5.41, 5.74) is -0.270. The van der Waals surface area contributed by atoms with E-state index in [0.29, 0.717) is 13.0 Å². The number of aliphatic carboxylic acids is 1. The van der Waals surface area contributed by atoms with E-state index in [1.54, 1.807) is 0 Å². The number of carbonyl (C=O) groups is 2. The number of hydrogen-bond acceptors (Lipinski definition) is 4. The van der Waals surface area contributed by atoms with E-state index >= 15 is 0 Å². The van der Waals surface area contributed by atoms with Gasteiger partial charge in [-0.3, -0.25) is 4.79 Å². The molecule has 0 radical (unpaired) electrons. The highest BCUT2D eigenvalue weighted by Crippen LogP contribution is 2.19. The second-order valence-electron chi connectivity index (χ2n) is 4.93. The molecule has 2 aliphatic rings. The molecule has 6 heteroatoms. The molecule has 0 aromatic rings. The predicted molar refractivity (Wildman–Crippen MR) is 59.6 cm³/mol. The Morgan fingerprint density at radius 2 is 2.24 bits per heavy atom. The summed E-state index contributed by atoms with van der Waals surface area (Å²) in [6.45, 7) is 3.91. The zero-order chi connectivity index (χ0) is 12.5. The van der Waals surface area contributed by atoms with Crippen molar-refractivity contribution in [3.8, 4) is 0 Å². The van der Waals surface area contributed by atoms with Gasteiger partial charge in [0.1, 0.15) is 12.6 Å². The first-order chi connectivity index (χ1) is 8.02. The summed E-state index contributed by atoms with van der Waals surface area (Å²) in [6.07, 6.45) is 1.29. The van der Waals surface area contributed by atoms with E-state index in [-0.39, 0.29) is 18.1 Å². The van der Waals surface area contributed by atoms with Crippen molar-refractivity contribution in [1.82, 2.24) is 10.2 Å². The van der Waals surface area contributed by atoms with Gasteiger partial charge in [0, 0.05) is 19.6 Å². The summed E-state index contributed by atoms with van der Waals surface area (Å²) in [5, 5.41) is 12.1. The van der Waals surface area contributed by atoms with Crippen molar-refractivity contribution in [3.63, 3.8) is 0 Å². The number of carboxylic acids is 1. The van der Waals surface area contributed by atoms with Gasteiger partial charge < -0.3 is 20.1 Å². The van der Waals surface area contributed by atoms with E-state index in [1.165, 1.54) is 4.90 Å². The zero-order valence-corrected chi connectivity index (χ0v) is 9.94. The van der Waals surface area contributed by atoms with Crippen LogP contribution in [0.5, 0.6) is 0 Å². The fraction of sp³-hybridized carbons (Fsp3) is 0.818. The van der Waals surface area contributed by atoms with Crippen molar-refractivity contribution in [2.45, 2.75) is 31.4 Å². The monoisotopic (exact) mass is 242 g/mol. The second kappa shape index (κ2) is 4.62. The fourth-order valence-electron chi connectivity index (χ4n) is 2.22. The van der Waals surface area contributed by atoms with Gasteiger partial charge in [-0.2, -0.15) is 0 Å². The average molecular weight is 242 g/mol. The normalized spacial score (nSPS) is 26.6. The topological polar surface area (TPSA) is 78.9 Å². The largest absolute Gasteiger partial charge is 0.480 e. The predicted octanol–water partition coefficient (Wildman–Crippen LogP) is -0.559. The van der Waals surface area contributed by atoms with Crippen LogP contribution in [0.3, 0.4) is 0 Å². The van der Waals surface area contributed by atoms with Crippen LogP contribution in [0, 0.1) is 0 Å². The Morgan fingerprint density at radius 1 is 1.53 bits per heavy atom. The molecule has 0 unspecified atom stereocenters. The molecule has 6 nitrogen and oxygen atoms in total. The molecular weight excluding hydrogens is 224 g/mol. The van der Waals surface area contributed by atoms with E-state index in [9.17, 15) is 9.59 Å². The third-order valence-corrected chi connectivity index (χ3v) is 3.40. The van der Waals surface area contributed by atoms with E-state index < -0.39 is 12.0 Å². The summed E-state index contributed by atoms with van der Waals surface area (Å²) < 4.78 is 5.52. The summed E-state index contributed by atoms with van der Waals surface area (Å²) in [5.74, 6) is -1.14. The van der Waals surface area contributed by atoms with Crippen LogP contribution in [-0.2, 0) is 14.3 Å². The molecule has 2 aliphatic heterocycles. The first-order valence-corrected chi connectivity index (χ1v) is 5.89. The van der Waals surface area contributed by atoms with Gasteiger partial charge in [0.25, 0.3) is 0 Å². The lowest BCUT2D eigenvalue weighted by Gasteiger charge is -2.39. The van der Waals surface area contributed by atoms with Crippen LogP contribution in [0.4, 0.5) is 0 Å². The minimum Gasteiger partial charge on any atom is -0.480 e. The minimum absolute atomic E-state index is 0.0258. The summed E-state index contributed by atoms with van der Waals surface area (Å²) in [4.78, 5) is 24.2. The Kier molecular flexibility index (Phi) is 3.35. The standard InChI is InChI=1S/C11H18N2O4/c1-11(6-12-7-11)17-5-9(14)13-4-2-3-8(13)10(15)16/h8,12H,2-7H2,1H3,(H,15,16)/t8-/m0/s1. The molecule has 0 aromatic heterocycles. The van der Waals surface area contributed by atoms with Gasteiger partial charge in [-0.1, -0.05) is 0 Å². The maximum atomic E-state index is 11.9. The van der Waals surface area contributed by atoms with Crippen LogP contribution in [-0.4, -0.2) is 59.8 Å². The summed E-state index contributed by atoms with van der Waals surface area (Å²) in [6, 6.07) is -0.668. The molecule has 2 heterocycles. The molecule has 2 rings (SSSR count). The number of carboxylic acid groups (broad SMARTS) is 1. The molecule has 0 spiro atoms. The Hall–Kier alpha value is -1.14. The van der Waals surface area contributed by atoms with Gasteiger partial charge in [-0.25, -0.2) is 4.79 Å². The van der Waals surface area contributed by atoms with E-state index in [2.05, 4.69) is 5.32 Å². The number of carbonyl (C=O) groups excluding carboxylic acids is 1. The number of hydrogen-bond donors (Lipinski definition) is 2. The summed E-state index contributed by atoms with van der Waals surface area (Å²) in [7, 11) is 0. The molecule has 96 valence electrons. The van der Waals surface area contributed by atoms with Gasteiger partial charge in [0.15, 0.2) is 0 Å². The second-order valence-corrected chi connectivity index (χ2v) is 4.93. The highest BCUT2D eigenvalue weighted by atomic mass is 16.5. The maximum Gasteiger partial charge on any atom is 0.326 e. The molecule has 2 saturated heterocycles. The van der Waals surface area contributed by atoms with Gasteiger partial charge in [-0.15, -0.1) is 0 Å². The molecule has 0 saturated carbocycles. The van der Waals surface area contributed by atoms with E-state index in [0.717, 1.165) is 19.5 Å². The minimum atomic E-state index is -0.924. The van der Waals surface area contributed by atoms with Gasteiger partial charge in [0.2, 0.25) is 5.91 Å². The van der Waals surface area contributed by atoms with Gasteiger partial charge >= 0.3 is 5.97 Å². The summed E-state index contributed by atoms with van der Waals surface area (Å²) >= 11 is 0. The molecule has 2 fully saturated rings. The Morgan fingerprint density at radius 3 is 2.76 bits per heavy atom. The maximum absolute atomic E-state index is 11.9. The number of nitrogens with one attached hydrogen (secondary N) is 1. The molecule has 0 aliphatic carbocycles. The number of likely N-dealkylation sites (tertiary alicyclic amines) is 1.